The molecule has 0 spiro atoms. The molecule has 0 unspecified atom stereocenters. The number of nitrogens with zero attached hydrogens (tertiary/aromatic N) is 1. The van der Waals surface area contributed by atoms with Crippen LogP contribution in [0.4, 0.5) is 0 Å². The molecule has 0 aliphatic carbocycles. The molecule has 3 nitrogen and oxygen atoms in total. The Balaban J connectivity index is 2.24. The van der Waals surface area contributed by atoms with E-state index in [-0.39, 0.29) is 18.0 Å². The standard InChI is InChI=1S/C10H11BrN2O/c1-13-9(8(12)10(13)14)6-2-4-7(11)5-3-6/h2-5,8-9H,12H2,1H3/t8-,9+/m0/s1. The molecule has 2 atom stereocenters. The summed E-state index contributed by atoms with van der Waals surface area (Å²) in [5.41, 5.74) is 6.81. The smallest absolute Gasteiger partial charge is 0.242 e. The van der Waals surface area contributed by atoms with Crippen molar-refractivity contribution in [3.8, 4) is 0 Å². The van der Waals surface area contributed by atoms with Gasteiger partial charge in [-0.2, -0.15) is 0 Å². The molecule has 1 saturated heterocycles. The number of carbonyl (C=O) groups excluding carboxylic acids is 1. The Hall–Kier alpha value is -0.870. The molecule has 14 heavy (non-hydrogen) atoms. The summed E-state index contributed by atoms with van der Waals surface area (Å²) in [6, 6.07) is 7.55. The maximum atomic E-state index is 11.2. The molecular formula is C10H11BrN2O. The summed E-state index contributed by atoms with van der Waals surface area (Å²) in [7, 11) is 1.78. The molecule has 1 amide bonds. The molecule has 2 rings (SSSR count). The first-order valence-corrected chi connectivity index (χ1v) is 5.18. The van der Waals surface area contributed by atoms with Crippen molar-refractivity contribution in [2.45, 2.75) is 12.1 Å². The summed E-state index contributed by atoms with van der Waals surface area (Å²) in [5.74, 6) is 0.0120. The molecule has 1 aliphatic rings. The third kappa shape index (κ3) is 1.35. The lowest BCUT2D eigenvalue weighted by atomic mass is 9.90. The van der Waals surface area contributed by atoms with Crippen molar-refractivity contribution in [3.05, 3.63) is 34.3 Å². The molecule has 1 fully saturated rings. The third-order valence-corrected chi connectivity index (χ3v) is 3.13. The lowest BCUT2D eigenvalue weighted by Gasteiger charge is -2.43. The van der Waals surface area contributed by atoms with E-state index in [1.807, 2.05) is 24.3 Å². The fourth-order valence-corrected chi connectivity index (χ4v) is 2.02. The molecule has 1 aliphatic heterocycles. The number of likely N-dealkylation sites (N-methyl/N-ethyl adjacent to an activating group) is 1. The highest BCUT2D eigenvalue weighted by Gasteiger charge is 2.42. The molecule has 2 N–H and O–H groups in total. The molecule has 0 bridgehead atoms. The Morgan fingerprint density at radius 3 is 2.43 bits per heavy atom. The van der Waals surface area contributed by atoms with Gasteiger partial charge in [0.2, 0.25) is 5.91 Å². The Morgan fingerprint density at radius 2 is 1.93 bits per heavy atom. The van der Waals surface area contributed by atoms with E-state index in [9.17, 15) is 4.79 Å². The van der Waals surface area contributed by atoms with E-state index in [1.54, 1.807) is 11.9 Å². The minimum Gasteiger partial charge on any atom is -0.335 e. The van der Waals surface area contributed by atoms with Crippen molar-refractivity contribution in [3.63, 3.8) is 0 Å². The minimum atomic E-state index is -0.374. The molecule has 4 heteroatoms. The van der Waals surface area contributed by atoms with Crippen LogP contribution in [0.3, 0.4) is 0 Å². The zero-order valence-corrected chi connectivity index (χ0v) is 9.36. The van der Waals surface area contributed by atoms with Gasteiger partial charge in [0.05, 0.1) is 6.04 Å². The van der Waals surface area contributed by atoms with Gasteiger partial charge in [0.15, 0.2) is 0 Å². The predicted molar refractivity (Wildman–Crippen MR) is 57.6 cm³/mol. The van der Waals surface area contributed by atoms with E-state index in [0.717, 1.165) is 10.0 Å². The lowest BCUT2D eigenvalue weighted by molar-refractivity contribution is -0.147. The third-order valence-electron chi connectivity index (χ3n) is 2.60. The number of likely N-dealkylation sites (tertiary alicyclic amines) is 1. The van der Waals surface area contributed by atoms with Crippen LogP contribution in [0.2, 0.25) is 0 Å². The highest BCUT2D eigenvalue weighted by Crippen LogP contribution is 2.32. The maximum Gasteiger partial charge on any atom is 0.242 e. The number of carbonyl (C=O) groups is 1. The topological polar surface area (TPSA) is 46.3 Å². The summed E-state index contributed by atoms with van der Waals surface area (Å²) >= 11 is 3.36. The first-order chi connectivity index (χ1) is 6.61. The zero-order chi connectivity index (χ0) is 10.3. The summed E-state index contributed by atoms with van der Waals surface area (Å²) in [4.78, 5) is 12.9. The number of benzene rings is 1. The largest absolute Gasteiger partial charge is 0.335 e. The van der Waals surface area contributed by atoms with Crippen LogP contribution in [0, 0.1) is 0 Å². The van der Waals surface area contributed by atoms with Gasteiger partial charge in [-0.3, -0.25) is 4.79 Å². The molecule has 0 saturated carbocycles. The van der Waals surface area contributed by atoms with Crippen LogP contribution >= 0.6 is 15.9 Å². The SMILES string of the molecule is CN1C(=O)[C@@H](N)[C@H]1c1ccc(Br)cc1. The molecule has 1 heterocycles. The molecule has 1 aromatic carbocycles. The van der Waals surface area contributed by atoms with Crippen molar-refractivity contribution < 1.29 is 4.79 Å². The Kier molecular flexibility index (Phi) is 2.33. The van der Waals surface area contributed by atoms with Crippen molar-refractivity contribution in [2.75, 3.05) is 7.05 Å². The number of hydrogen-bond acceptors (Lipinski definition) is 2. The van der Waals surface area contributed by atoms with E-state index in [2.05, 4.69) is 15.9 Å². The number of hydrogen-bond donors (Lipinski definition) is 1. The van der Waals surface area contributed by atoms with Crippen LogP contribution in [0.5, 0.6) is 0 Å². The second-order valence-corrected chi connectivity index (χ2v) is 4.39. The van der Waals surface area contributed by atoms with E-state index < -0.39 is 0 Å². The summed E-state index contributed by atoms with van der Waals surface area (Å²) in [6.07, 6.45) is 0. The van der Waals surface area contributed by atoms with E-state index in [4.69, 9.17) is 5.73 Å². The van der Waals surface area contributed by atoms with Crippen LogP contribution in [0.1, 0.15) is 11.6 Å². The molecule has 0 radical (unpaired) electrons. The fourth-order valence-electron chi connectivity index (χ4n) is 1.76. The number of amides is 1. The highest BCUT2D eigenvalue weighted by molar-refractivity contribution is 9.10. The number of nitrogens with two attached hydrogens (primary N) is 1. The Bertz CT molecular complexity index is 351. The fraction of sp³-hybridized carbons (Fsp3) is 0.300. The average Bonchev–Trinajstić information content (AvgIpc) is 2.21. The van der Waals surface area contributed by atoms with Crippen LogP contribution in [0.15, 0.2) is 28.7 Å². The van der Waals surface area contributed by atoms with Crippen LogP contribution in [-0.2, 0) is 4.79 Å². The van der Waals surface area contributed by atoms with Crippen molar-refractivity contribution in [2.24, 2.45) is 5.73 Å². The van der Waals surface area contributed by atoms with Gasteiger partial charge in [0.25, 0.3) is 0 Å². The molecule has 0 aromatic heterocycles. The van der Waals surface area contributed by atoms with Gasteiger partial charge in [-0.05, 0) is 17.7 Å². The first-order valence-electron chi connectivity index (χ1n) is 4.39. The second-order valence-electron chi connectivity index (χ2n) is 3.47. The maximum absolute atomic E-state index is 11.2. The van der Waals surface area contributed by atoms with Gasteiger partial charge < -0.3 is 10.6 Å². The Morgan fingerprint density at radius 1 is 1.36 bits per heavy atom. The second kappa shape index (κ2) is 3.37. The molecule has 74 valence electrons. The zero-order valence-electron chi connectivity index (χ0n) is 7.77. The molecule has 1 aromatic rings. The predicted octanol–water partition coefficient (Wildman–Crippen LogP) is 1.29. The van der Waals surface area contributed by atoms with Gasteiger partial charge in [0, 0.05) is 11.5 Å². The number of halogens is 1. The number of rotatable bonds is 1. The van der Waals surface area contributed by atoms with Crippen LogP contribution in [0.25, 0.3) is 0 Å². The van der Waals surface area contributed by atoms with Crippen molar-refractivity contribution in [1.29, 1.82) is 0 Å². The summed E-state index contributed by atoms with van der Waals surface area (Å²) in [5, 5.41) is 0. The quantitative estimate of drug-likeness (QED) is 0.768. The van der Waals surface area contributed by atoms with Crippen molar-refractivity contribution >= 4 is 21.8 Å². The van der Waals surface area contributed by atoms with Gasteiger partial charge in [-0.1, -0.05) is 28.1 Å². The van der Waals surface area contributed by atoms with E-state index in [1.165, 1.54) is 0 Å². The lowest BCUT2D eigenvalue weighted by Crippen LogP contribution is -2.61. The average molecular weight is 255 g/mol. The summed E-state index contributed by atoms with van der Waals surface area (Å²) in [6.45, 7) is 0. The Labute approximate surface area is 91.0 Å². The first kappa shape index (κ1) is 9.68. The van der Waals surface area contributed by atoms with Crippen molar-refractivity contribution in [1.82, 2.24) is 4.90 Å². The van der Waals surface area contributed by atoms with Gasteiger partial charge >= 0.3 is 0 Å². The van der Waals surface area contributed by atoms with Gasteiger partial charge in [-0.25, -0.2) is 0 Å². The van der Waals surface area contributed by atoms with Gasteiger partial charge in [0.1, 0.15) is 6.04 Å². The monoisotopic (exact) mass is 254 g/mol. The van der Waals surface area contributed by atoms with Crippen LogP contribution in [-0.4, -0.2) is 23.9 Å². The van der Waals surface area contributed by atoms with E-state index >= 15 is 0 Å². The van der Waals surface area contributed by atoms with E-state index in [0.29, 0.717) is 0 Å². The summed E-state index contributed by atoms with van der Waals surface area (Å²) < 4.78 is 1.03. The molecular weight excluding hydrogens is 244 g/mol. The van der Waals surface area contributed by atoms with Crippen LogP contribution < -0.4 is 5.73 Å². The minimum absolute atomic E-state index is 0.0120. The highest BCUT2D eigenvalue weighted by atomic mass is 79.9. The normalized spacial score (nSPS) is 26.2. The number of β-lactam (4-membered cyclic amide) rings is 1. The van der Waals surface area contributed by atoms with Gasteiger partial charge in [-0.15, -0.1) is 0 Å².